The molecule has 0 radical (unpaired) electrons. The molecule has 0 aromatic heterocycles. The number of nitriles is 1. The highest BCUT2D eigenvalue weighted by Crippen LogP contribution is 2.34. The molecule has 0 saturated carbocycles. The Kier molecular flexibility index (Phi) is 4.13. The predicted octanol–water partition coefficient (Wildman–Crippen LogP) is 3.73. The minimum Gasteiger partial charge on any atom is -0.261 e. The van der Waals surface area contributed by atoms with Crippen LogP contribution in [0.2, 0.25) is 0 Å². The van der Waals surface area contributed by atoms with E-state index in [-0.39, 0.29) is 12.1 Å². The lowest BCUT2D eigenvalue weighted by molar-refractivity contribution is -0.201. The van der Waals surface area contributed by atoms with Gasteiger partial charge in [-0.15, -0.1) is 0 Å². The van der Waals surface area contributed by atoms with Gasteiger partial charge in [0.1, 0.15) is 23.7 Å². The van der Waals surface area contributed by atoms with Gasteiger partial charge in [0.05, 0.1) is 11.3 Å². The molecule has 25 heavy (non-hydrogen) atoms. The van der Waals surface area contributed by atoms with Crippen molar-refractivity contribution >= 4 is 5.71 Å². The average Bonchev–Trinajstić information content (AvgIpc) is 2.98. The molecule has 0 bridgehead atoms. The minimum absolute atomic E-state index is 0.0881. The molecule has 0 aliphatic carbocycles. The molecule has 0 spiro atoms. The molecular formula is C17H14F4N4. The number of allylic oxidation sites excluding steroid dienone is 2. The minimum atomic E-state index is -4.35. The Morgan fingerprint density at radius 3 is 2.68 bits per heavy atom. The first kappa shape index (κ1) is 17.2. The quantitative estimate of drug-likeness (QED) is 0.764. The van der Waals surface area contributed by atoms with Crippen molar-refractivity contribution in [1.29, 1.82) is 5.26 Å². The van der Waals surface area contributed by atoms with E-state index in [9.17, 15) is 17.6 Å². The Balaban J connectivity index is 1.94. The monoisotopic (exact) mass is 350 g/mol. The van der Waals surface area contributed by atoms with Gasteiger partial charge in [0.15, 0.2) is 0 Å². The van der Waals surface area contributed by atoms with Gasteiger partial charge in [0, 0.05) is 17.8 Å². The highest BCUT2D eigenvalue weighted by molar-refractivity contribution is 6.10. The maximum absolute atomic E-state index is 13.5. The van der Waals surface area contributed by atoms with Gasteiger partial charge < -0.3 is 0 Å². The molecule has 0 saturated heterocycles. The van der Waals surface area contributed by atoms with Gasteiger partial charge in [0.25, 0.3) is 0 Å². The zero-order valence-electron chi connectivity index (χ0n) is 13.5. The standard InChI is InChI=1S/C17H14F4N4/c1-10-7-15(12-3-4-14(18)13(8-12)9-22)23-16-5-6-24(25(10)16)11(2)17(19,20)21/h3-5,7-8,11H,6H2,1-2H3. The number of alkyl halides is 3. The van der Waals surface area contributed by atoms with Gasteiger partial charge >= 0.3 is 6.18 Å². The first-order chi connectivity index (χ1) is 11.7. The second kappa shape index (κ2) is 6.01. The molecule has 1 aromatic rings. The third kappa shape index (κ3) is 3.03. The van der Waals surface area contributed by atoms with Crippen molar-refractivity contribution in [2.45, 2.75) is 26.1 Å². The van der Waals surface area contributed by atoms with E-state index in [0.717, 1.165) is 6.92 Å². The van der Waals surface area contributed by atoms with Crippen molar-refractivity contribution in [3.8, 4) is 6.07 Å². The smallest absolute Gasteiger partial charge is 0.261 e. The molecule has 1 aromatic carbocycles. The van der Waals surface area contributed by atoms with Gasteiger partial charge in [-0.2, -0.15) is 23.4 Å². The molecule has 0 amide bonds. The SMILES string of the molecule is CC1=CC(c2ccc(F)c(C#N)c2)=NC2=CCN(C(C)C(F)(F)F)N12. The summed E-state index contributed by atoms with van der Waals surface area (Å²) in [5.41, 5.74) is 1.45. The van der Waals surface area contributed by atoms with E-state index in [2.05, 4.69) is 4.99 Å². The Labute approximate surface area is 141 Å². The molecule has 1 atom stereocenters. The van der Waals surface area contributed by atoms with Crippen molar-refractivity contribution in [1.82, 2.24) is 10.0 Å². The summed E-state index contributed by atoms with van der Waals surface area (Å²) in [5.74, 6) is -0.246. The number of rotatable bonds is 2. The van der Waals surface area contributed by atoms with Crippen LogP contribution in [0.15, 0.2) is 46.9 Å². The number of hydrazine groups is 1. The molecular weight excluding hydrogens is 336 g/mol. The van der Waals surface area contributed by atoms with Gasteiger partial charge in [-0.25, -0.2) is 9.38 Å². The van der Waals surface area contributed by atoms with E-state index in [0.29, 0.717) is 22.8 Å². The van der Waals surface area contributed by atoms with E-state index < -0.39 is 18.0 Å². The van der Waals surface area contributed by atoms with E-state index in [4.69, 9.17) is 5.26 Å². The fraction of sp³-hybridized carbons (Fsp3) is 0.294. The van der Waals surface area contributed by atoms with Crippen LogP contribution < -0.4 is 0 Å². The maximum atomic E-state index is 13.5. The normalized spacial score (nSPS) is 18.9. The molecule has 2 heterocycles. The van der Waals surface area contributed by atoms with E-state index in [1.54, 1.807) is 25.1 Å². The number of fused-ring (bicyclic) bond motifs is 1. The third-order valence-electron chi connectivity index (χ3n) is 4.15. The zero-order valence-corrected chi connectivity index (χ0v) is 13.5. The van der Waals surface area contributed by atoms with Crippen LogP contribution in [0.1, 0.15) is 25.0 Å². The number of hydrogen-bond acceptors (Lipinski definition) is 4. The van der Waals surface area contributed by atoms with Crippen LogP contribution in [-0.4, -0.2) is 34.5 Å². The summed E-state index contributed by atoms with van der Waals surface area (Å²) >= 11 is 0. The molecule has 8 heteroatoms. The van der Waals surface area contributed by atoms with E-state index >= 15 is 0 Å². The Morgan fingerprint density at radius 2 is 2.04 bits per heavy atom. The molecule has 3 rings (SSSR count). The molecule has 0 fully saturated rings. The van der Waals surface area contributed by atoms with Gasteiger partial charge in [-0.3, -0.25) is 5.01 Å². The van der Waals surface area contributed by atoms with E-state index in [1.165, 1.54) is 28.2 Å². The topological polar surface area (TPSA) is 42.6 Å². The van der Waals surface area contributed by atoms with Crippen molar-refractivity contribution in [2.75, 3.05) is 6.54 Å². The molecule has 2 aliphatic rings. The van der Waals surface area contributed by atoms with Crippen LogP contribution in [0, 0.1) is 17.1 Å². The largest absolute Gasteiger partial charge is 0.405 e. The van der Waals surface area contributed by atoms with Gasteiger partial charge in [-0.1, -0.05) is 0 Å². The van der Waals surface area contributed by atoms with Crippen molar-refractivity contribution in [3.05, 3.63) is 58.8 Å². The second-order valence-electron chi connectivity index (χ2n) is 5.80. The summed E-state index contributed by atoms with van der Waals surface area (Å²) in [5, 5.41) is 11.6. The maximum Gasteiger partial charge on any atom is 0.405 e. The fourth-order valence-electron chi connectivity index (χ4n) is 2.78. The van der Waals surface area contributed by atoms with Crippen molar-refractivity contribution in [2.24, 2.45) is 4.99 Å². The Hall–Kier alpha value is -2.66. The number of halogens is 4. The van der Waals surface area contributed by atoms with Crippen molar-refractivity contribution < 1.29 is 17.6 Å². The van der Waals surface area contributed by atoms with Crippen LogP contribution >= 0.6 is 0 Å². The van der Waals surface area contributed by atoms with E-state index in [1.807, 2.05) is 0 Å². The van der Waals surface area contributed by atoms with Crippen LogP contribution in [0.3, 0.4) is 0 Å². The zero-order chi connectivity index (χ0) is 18.4. The number of benzene rings is 1. The summed E-state index contributed by atoms with van der Waals surface area (Å²) < 4.78 is 52.6. The van der Waals surface area contributed by atoms with Gasteiger partial charge in [0.2, 0.25) is 0 Å². The lowest BCUT2D eigenvalue weighted by Crippen LogP contribution is -2.49. The first-order valence-electron chi connectivity index (χ1n) is 7.53. The van der Waals surface area contributed by atoms with Crippen molar-refractivity contribution in [3.63, 3.8) is 0 Å². The second-order valence-corrected chi connectivity index (χ2v) is 5.80. The Morgan fingerprint density at radius 1 is 1.32 bits per heavy atom. The van der Waals surface area contributed by atoms with Crippen LogP contribution in [-0.2, 0) is 0 Å². The summed E-state index contributed by atoms with van der Waals surface area (Å²) in [7, 11) is 0. The lowest BCUT2D eigenvalue weighted by atomic mass is 10.0. The first-order valence-corrected chi connectivity index (χ1v) is 7.53. The molecule has 0 N–H and O–H groups in total. The summed E-state index contributed by atoms with van der Waals surface area (Å²) in [6, 6.07) is 4.14. The average molecular weight is 350 g/mol. The number of aliphatic imine (C=N–C) groups is 1. The highest BCUT2D eigenvalue weighted by Gasteiger charge is 2.45. The van der Waals surface area contributed by atoms with Crippen LogP contribution in [0.25, 0.3) is 0 Å². The summed E-state index contributed by atoms with van der Waals surface area (Å²) in [6.45, 7) is 2.87. The fourth-order valence-corrected chi connectivity index (χ4v) is 2.78. The predicted molar refractivity (Wildman–Crippen MR) is 83.6 cm³/mol. The molecule has 2 aliphatic heterocycles. The van der Waals surface area contributed by atoms with Gasteiger partial charge in [-0.05, 0) is 44.2 Å². The number of nitrogens with zero attached hydrogens (tertiary/aromatic N) is 4. The Bertz CT molecular complexity index is 845. The van der Waals surface area contributed by atoms with Crippen LogP contribution in [0.4, 0.5) is 17.6 Å². The molecule has 130 valence electrons. The molecule has 1 unspecified atom stereocenters. The highest BCUT2D eigenvalue weighted by atomic mass is 19.4. The summed E-state index contributed by atoms with van der Waals surface area (Å²) in [6.07, 6.45) is -1.13. The lowest BCUT2D eigenvalue weighted by Gasteiger charge is -2.38. The van der Waals surface area contributed by atoms with Crippen LogP contribution in [0.5, 0.6) is 0 Å². The number of hydrogen-bond donors (Lipinski definition) is 0. The summed E-state index contributed by atoms with van der Waals surface area (Å²) in [4.78, 5) is 4.37. The third-order valence-corrected chi connectivity index (χ3v) is 4.15. The molecule has 4 nitrogen and oxygen atoms in total.